The van der Waals surface area contributed by atoms with E-state index in [2.05, 4.69) is 14.9 Å². The molecule has 1 aliphatic heterocycles. The number of hydrogen-bond acceptors (Lipinski definition) is 4. The van der Waals surface area contributed by atoms with E-state index < -0.39 is 10.0 Å². The van der Waals surface area contributed by atoms with Crippen LogP contribution in [0.1, 0.15) is 5.56 Å². The number of rotatable bonds is 6. The molecule has 0 aromatic heterocycles. The standard InChI is InChI=1S/C13H20FN3O2S.2ClH/c14-13-3-1-12(2-4-13)11-20(18,19)16-7-10-17-8-5-15-6-9-17;;/h1-4,15-16H,5-11H2;2*1H. The maximum absolute atomic E-state index is 12.8. The van der Waals surface area contributed by atoms with E-state index >= 15 is 0 Å². The van der Waals surface area contributed by atoms with Crippen molar-refractivity contribution in [3.05, 3.63) is 35.6 Å². The van der Waals surface area contributed by atoms with Crippen molar-refractivity contribution in [1.82, 2.24) is 14.9 Å². The van der Waals surface area contributed by atoms with Crippen molar-refractivity contribution in [1.29, 1.82) is 0 Å². The van der Waals surface area contributed by atoms with Crippen molar-refractivity contribution >= 4 is 34.8 Å². The maximum Gasteiger partial charge on any atom is 0.215 e. The van der Waals surface area contributed by atoms with Crippen molar-refractivity contribution in [2.24, 2.45) is 0 Å². The summed E-state index contributed by atoms with van der Waals surface area (Å²) in [7, 11) is -3.36. The molecule has 1 aromatic rings. The molecule has 0 aliphatic carbocycles. The average Bonchev–Trinajstić information content (AvgIpc) is 2.42. The van der Waals surface area contributed by atoms with Crippen LogP contribution >= 0.6 is 24.8 Å². The average molecular weight is 374 g/mol. The monoisotopic (exact) mass is 373 g/mol. The second-order valence-corrected chi connectivity index (χ2v) is 6.68. The zero-order valence-corrected chi connectivity index (χ0v) is 14.6. The zero-order chi connectivity index (χ0) is 14.4. The van der Waals surface area contributed by atoms with Crippen LogP contribution in [0, 0.1) is 5.82 Å². The van der Waals surface area contributed by atoms with Crippen molar-refractivity contribution in [3.8, 4) is 0 Å². The Morgan fingerprint density at radius 1 is 1.14 bits per heavy atom. The molecule has 9 heteroatoms. The molecule has 1 fully saturated rings. The molecule has 0 atom stereocenters. The fourth-order valence-electron chi connectivity index (χ4n) is 2.15. The van der Waals surface area contributed by atoms with E-state index in [1.807, 2.05) is 0 Å². The van der Waals surface area contributed by atoms with Crippen LogP contribution in [0.5, 0.6) is 0 Å². The lowest BCUT2D eigenvalue weighted by Crippen LogP contribution is -2.46. The van der Waals surface area contributed by atoms with Gasteiger partial charge >= 0.3 is 0 Å². The van der Waals surface area contributed by atoms with Gasteiger partial charge in [0.25, 0.3) is 0 Å². The Labute approximate surface area is 143 Å². The van der Waals surface area contributed by atoms with Gasteiger partial charge in [-0.15, -0.1) is 24.8 Å². The molecule has 0 radical (unpaired) electrons. The van der Waals surface area contributed by atoms with Gasteiger partial charge in [-0.25, -0.2) is 17.5 Å². The summed E-state index contributed by atoms with van der Waals surface area (Å²) in [5, 5.41) is 3.25. The molecule has 0 amide bonds. The molecule has 1 heterocycles. The van der Waals surface area contributed by atoms with Crippen molar-refractivity contribution in [2.75, 3.05) is 39.3 Å². The van der Waals surface area contributed by atoms with Gasteiger partial charge in [-0.1, -0.05) is 12.1 Å². The minimum atomic E-state index is -3.36. The second kappa shape index (κ2) is 10.4. The molecule has 1 aromatic carbocycles. The first-order chi connectivity index (χ1) is 9.55. The Bertz CT molecular complexity index is 523. The van der Waals surface area contributed by atoms with E-state index in [9.17, 15) is 12.8 Å². The highest BCUT2D eigenvalue weighted by Crippen LogP contribution is 2.06. The summed E-state index contributed by atoms with van der Waals surface area (Å²) in [6, 6.07) is 5.52. The molecular formula is C13H22Cl2FN3O2S. The molecule has 0 unspecified atom stereocenters. The van der Waals surface area contributed by atoms with Gasteiger partial charge < -0.3 is 5.32 Å². The zero-order valence-electron chi connectivity index (χ0n) is 12.1. The number of nitrogens with one attached hydrogen (secondary N) is 2. The van der Waals surface area contributed by atoms with E-state index in [0.717, 1.165) is 26.2 Å². The molecule has 2 rings (SSSR count). The lowest BCUT2D eigenvalue weighted by molar-refractivity contribution is 0.245. The predicted molar refractivity (Wildman–Crippen MR) is 90.8 cm³/mol. The minimum absolute atomic E-state index is 0. The van der Waals surface area contributed by atoms with Crippen LogP contribution in [-0.2, 0) is 15.8 Å². The largest absolute Gasteiger partial charge is 0.314 e. The third-order valence-corrected chi connectivity index (χ3v) is 4.59. The van der Waals surface area contributed by atoms with E-state index in [4.69, 9.17) is 0 Å². The fraction of sp³-hybridized carbons (Fsp3) is 0.538. The van der Waals surface area contributed by atoms with E-state index in [-0.39, 0.29) is 36.4 Å². The molecule has 0 bridgehead atoms. The summed E-state index contributed by atoms with van der Waals surface area (Å²) in [6.07, 6.45) is 0. The fourth-order valence-corrected chi connectivity index (χ4v) is 3.28. The van der Waals surface area contributed by atoms with Gasteiger partial charge in [0, 0.05) is 39.3 Å². The normalized spacial score (nSPS) is 15.7. The number of halogens is 3. The van der Waals surface area contributed by atoms with Gasteiger partial charge in [-0.3, -0.25) is 4.90 Å². The SMILES string of the molecule is Cl.Cl.O=S(=O)(Cc1ccc(F)cc1)NCCN1CCNCC1. The van der Waals surface area contributed by atoms with Crippen LogP contribution in [0.2, 0.25) is 0 Å². The molecule has 2 N–H and O–H groups in total. The molecular weight excluding hydrogens is 352 g/mol. The van der Waals surface area contributed by atoms with Crippen molar-refractivity contribution in [3.63, 3.8) is 0 Å². The highest BCUT2D eigenvalue weighted by atomic mass is 35.5. The van der Waals surface area contributed by atoms with Crippen molar-refractivity contribution < 1.29 is 12.8 Å². The third kappa shape index (κ3) is 7.71. The Balaban J connectivity index is 0.00000220. The topological polar surface area (TPSA) is 61.4 Å². The molecule has 0 saturated carbocycles. The molecule has 22 heavy (non-hydrogen) atoms. The number of benzene rings is 1. The number of hydrogen-bond donors (Lipinski definition) is 2. The lowest BCUT2D eigenvalue weighted by atomic mass is 10.2. The van der Waals surface area contributed by atoms with Gasteiger partial charge in [0.15, 0.2) is 0 Å². The summed E-state index contributed by atoms with van der Waals surface area (Å²) >= 11 is 0. The summed E-state index contributed by atoms with van der Waals surface area (Å²) in [5.41, 5.74) is 0.584. The van der Waals surface area contributed by atoms with Gasteiger partial charge in [-0.05, 0) is 17.7 Å². The first-order valence-corrected chi connectivity index (χ1v) is 8.35. The van der Waals surface area contributed by atoms with Crippen LogP contribution in [0.3, 0.4) is 0 Å². The van der Waals surface area contributed by atoms with E-state index in [1.165, 1.54) is 24.3 Å². The third-order valence-electron chi connectivity index (χ3n) is 3.23. The number of nitrogens with zero attached hydrogens (tertiary/aromatic N) is 1. The summed E-state index contributed by atoms with van der Waals surface area (Å²) in [4.78, 5) is 2.22. The van der Waals surface area contributed by atoms with Gasteiger partial charge in [0.2, 0.25) is 10.0 Å². The van der Waals surface area contributed by atoms with Crippen LogP contribution in [0.25, 0.3) is 0 Å². The second-order valence-electron chi connectivity index (χ2n) is 4.87. The smallest absolute Gasteiger partial charge is 0.215 e. The first-order valence-electron chi connectivity index (χ1n) is 6.70. The Hall–Kier alpha value is -0.440. The Morgan fingerprint density at radius 2 is 1.73 bits per heavy atom. The lowest BCUT2D eigenvalue weighted by Gasteiger charge is -2.27. The Morgan fingerprint density at radius 3 is 2.32 bits per heavy atom. The summed E-state index contributed by atoms with van der Waals surface area (Å²) in [6.45, 7) is 4.90. The first kappa shape index (κ1) is 21.6. The highest BCUT2D eigenvalue weighted by molar-refractivity contribution is 7.88. The van der Waals surface area contributed by atoms with Crippen LogP contribution < -0.4 is 10.0 Å². The predicted octanol–water partition coefficient (Wildman–Crippen LogP) is 0.994. The van der Waals surface area contributed by atoms with Gasteiger partial charge in [0.1, 0.15) is 5.82 Å². The van der Waals surface area contributed by atoms with E-state index in [0.29, 0.717) is 18.7 Å². The molecule has 1 saturated heterocycles. The van der Waals surface area contributed by atoms with Gasteiger partial charge in [-0.2, -0.15) is 0 Å². The summed E-state index contributed by atoms with van der Waals surface area (Å²) < 4.78 is 39.1. The number of sulfonamides is 1. The number of piperazine rings is 1. The van der Waals surface area contributed by atoms with Crippen LogP contribution in [0.15, 0.2) is 24.3 Å². The van der Waals surface area contributed by atoms with Crippen molar-refractivity contribution in [2.45, 2.75) is 5.75 Å². The summed E-state index contributed by atoms with van der Waals surface area (Å²) in [5.74, 6) is -0.479. The van der Waals surface area contributed by atoms with Crippen LogP contribution in [0.4, 0.5) is 4.39 Å². The molecule has 0 spiro atoms. The maximum atomic E-state index is 12.8. The van der Waals surface area contributed by atoms with Gasteiger partial charge in [0.05, 0.1) is 5.75 Å². The highest BCUT2D eigenvalue weighted by Gasteiger charge is 2.13. The van der Waals surface area contributed by atoms with E-state index in [1.54, 1.807) is 0 Å². The Kier molecular flexibility index (Phi) is 10.1. The minimum Gasteiger partial charge on any atom is -0.314 e. The van der Waals surface area contributed by atoms with Crippen LogP contribution in [-0.4, -0.2) is 52.6 Å². The molecule has 1 aliphatic rings. The molecule has 5 nitrogen and oxygen atoms in total. The molecule has 128 valence electrons. The quantitative estimate of drug-likeness (QED) is 0.780.